The summed E-state index contributed by atoms with van der Waals surface area (Å²) < 4.78 is 35.1. The van der Waals surface area contributed by atoms with Crippen molar-refractivity contribution in [2.24, 2.45) is 0 Å². The van der Waals surface area contributed by atoms with Crippen LogP contribution in [0.5, 0.6) is 0 Å². The summed E-state index contributed by atoms with van der Waals surface area (Å²) in [5, 5.41) is 2.09. The van der Waals surface area contributed by atoms with Crippen LogP contribution in [0.15, 0.2) is 0 Å². The molecule has 0 aromatic heterocycles. The van der Waals surface area contributed by atoms with Crippen LogP contribution in [0, 0.1) is 0 Å². The second-order valence-corrected chi connectivity index (χ2v) is 2.58. The van der Waals surface area contributed by atoms with Gasteiger partial charge in [0.05, 0.1) is 4.99 Å². The highest BCUT2D eigenvalue weighted by molar-refractivity contribution is 7.80. The first kappa shape index (κ1) is 9.68. The highest BCUT2D eigenvalue weighted by Gasteiger charge is 2.35. The SMILES string of the molecule is CC(=S)NC(C)C(F)(F)F. The van der Waals surface area contributed by atoms with E-state index in [0.717, 1.165) is 6.92 Å². The molecule has 60 valence electrons. The van der Waals surface area contributed by atoms with Crippen molar-refractivity contribution < 1.29 is 13.2 Å². The van der Waals surface area contributed by atoms with Gasteiger partial charge in [0.1, 0.15) is 6.04 Å². The van der Waals surface area contributed by atoms with Gasteiger partial charge in [0.2, 0.25) is 0 Å². The number of alkyl halides is 3. The smallest absolute Gasteiger partial charge is 0.369 e. The maximum atomic E-state index is 11.7. The molecule has 0 aliphatic carbocycles. The standard InChI is InChI=1S/C5H8F3NS/c1-3(5(6,7)8)9-4(2)10/h3H,1-2H3,(H,9,10). The molecular formula is C5H8F3NS. The van der Waals surface area contributed by atoms with Gasteiger partial charge >= 0.3 is 6.18 Å². The first-order chi connectivity index (χ1) is 4.34. The Labute approximate surface area is 62.6 Å². The molecule has 0 saturated heterocycles. The minimum absolute atomic E-state index is 0.157. The van der Waals surface area contributed by atoms with Gasteiger partial charge in [0.15, 0.2) is 0 Å². The highest BCUT2D eigenvalue weighted by atomic mass is 32.1. The molecule has 0 rings (SSSR count). The fourth-order valence-electron chi connectivity index (χ4n) is 0.387. The second-order valence-electron chi connectivity index (χ2n) is 1.96. The average molecular weight is 171 g/mol. The van der Waals surface area contributed by atoms with Gasteiger partial charge in [-0.1, -0.05) is 12.2 Å². The van der Waals surface area contributed by atoms with Gasteiger partial charge in [0.25, 0.3) is 0 Å². The predicted molar refractivity (Wildman–Crippen MR) is 36.9 cm³/mol. The van der Waals surface area contributed by atoms with Crippen molar-refractivity contribution in [2.45, 2.75) is 26.1 Å². The average Bonchev–Trinajstić information content (AvgIpc) is 1.60. The fraction of sp³-hybridized carbons (Fsp3) is 0.800. The topological polar surface area (TPSA) is 12.0 Å². The molecular weight excluding hydrogens is 163 g/mol. The molecule has 0 radical (unpaired) electrons. The summed E-state index contributed by atoms with van der Waals surface area (Å²) in [7, 11) is 0. The van der Waals surface area contributed by atoms with Crippen LogP contribution < -0.4 is 5.32 Å². The number of hydrogen-bond donors (Lipinski definition) is 1. The summed E-state index contributed by atoms with van der Waals surface area (Å²) >= 11 is 4.43. The molecule has 0 aromatic carbocycles. The van der Waals surface area contributed by atoms with E-state index in [1.165, 1.54) is 6.92 Å². The van der Waals surface area contributed by atoms with E-state index in [9.17, 15) is 13.2 Å². The highest BCUT2D eigenvalue weighted by Crippen LogP contribution is 2.19. The lowest BCUT2D eigenvalue weighted by Gasteiger charge is -2.16. The van der Waals surface area contributed by atoms with E-state index in [2.05, 4.69) is 17.5 Å². The number of rotatable bonds is 1. The van der Waals surface area contributed by atoms with E-state index in [-0.39, 0.29) is 4.99 Å². The quantitative estimate of drug-likeness (QED) is 0.604. The Kier molecular flexibility index (Phi) is 3.08. The Balaban J connectivity index is 3.85. The van der Waals surface area contributed by atoms with Gasteiger partial charge in [-0.3, -0.25) is 0 Å². The molecule has 0 aliphatic heterocycles. The molecule has 0 amide bonds. The molecule has 1 nitrogen and oxygen atoms in total. The first-order valence-electron chi connectivity index (χ1n) is 2.68. The zero-order valence-electron chi connectivity index (χ0n) is 5.62. The lowest BCUT2D eigenvalue weighted by molar-refractivity contribution is -0.147. The van der Waals surface area contributed by atoms with Gasteiger partial charge in [-0.15, -0.1) is 0 Å². The summed E-state index contributed by atoms with van der Waals surface area (Å²) in [5.41, 5.74) is 0. The van der Waals surface area contributed by atoms with Crippen molar-refractivity contribution in [1.82, 2.24) is 5.32 Å². The summed E-state index contributed by atoms with van der Waals surface area (Å²) in [6.45, 7) is 2.44. The van der Waals surface area contributed by atoms with Crippen molar-refractivity contribution in [1.29, 1.82) is 0 Å². The second kappa shape index (κ2) is 3.18. The van der Waals surface area contributed by atoms with E-state index >= 15 is 0 Å². The van der Waals surface area contributed by atoms with Crippen molar-refractivity contribution in [3.63, 3.8) is 0 Å². The van der Waals surface area contributed by atoms with Gasteiger partial charge in [0, 0.05) is 0 Å². The van der Waals surface area contributed by atoms with Crippen LogP contribution in [0.4, 0.5) is 13.2 Å². The molecule has 0 heterocycles. The summed E-state index contributed by atoms with van der Waals surface area (Å²) in [6, 6.07) is -1.55. The molecule has 0 saturated carbocycles. The minimum Gasteiger partial charge on any atom is -0.369 e. The maximum absolute atomic E-state index is 11.7. The third-order valence-corrected chi connectivity index (χ3v) is 1.03. The van der Waals surface area contributed by atoms with E-state index in [0.29, 0.717) is 0 Å². The van der Waals surface area contributed by atoms with Crippen LogP contribution in [0.25, 0.3) is 0 Å². The molecule has 0 fully saturated rings. The van der Waals surface area contributed by atoms with Crippen LogP contribution in [0.1, 0.15) is 13.8 Å². The number of thiocarbonyl (C=S) groups is 1. The van der Waals surface area contributed by atoms with E-state index < -0.39 is 12.2 Å². The zero-order valence-corrected chi connectivity index (χ0v) is 6.44. The largest absolute Gasteiger partial charge is 0.408 e. The van der Waals surface area contributed by atoms with E-state index in [1.807, 2.05) is 0 Å². The molecule has 10 heavy (non-hydrogen) atoms. The molecule has 1 atom stereocenters. The Bertz CT molecular complexity index is 131. The molecule has 5 heteroatoms. The summed E-state index contributed by atoms with van der Waals surface area (Å²) in [5.74, 6) is 0. The molecule has 0 bridgehead atoms. The molecule has 0 spiro atoms. The number of halogens is 3. The van der Waals surface area contributed by atoms with Gasteiger partial charge in [-0.2, -0.15) is 13.2 Å². The molecule has 0 aromatic rings. The summed E-state index contributed by atoms with van der Waals surface area (Å²) in [4.78, 5) is 0.157. The zero-order chi connectivity index (χ0) is 8.36. The van der Waals surface area contributed by atoms with Crippen LogP contribution in [-0.4, -0.2) is 17.2 Å². The molecule has 0 aliphatic rings. The number of hydrogen-bond acceptors (Lipinski definition) is 1. The fourth-order valence-corrected chi connectivity index (χ4v) is 0.564. The maximum Gasteiger partial charge on any atom is 0.408 e. The minimum atomic E-state index is -4.21. The van der Waals surface area contributed by atoms with Crippen molar-refractivity contribution >= 4 is 17.2 Å². The van der Waals surface area contributed by atoms with Gasteiger partial charge in [-0.25, -0.2) is 0 Å². The third kappa shape index (κ3) is 3.66. The van der Waals surface area contributed by atoms with Crippen LogP contribution in [0.2, 0.25) is 0 Å². The lowest BCUT2D eigenvalue weighted by atomic mass is 10.3. The Morgan fingerprint density at radius 3 is 2.00 bits per heavy atom. The van der Waals surface area contributed by atoms with Gasteiger partial charge in [-0.05, 0) is 13.8 Å². The molecule has 1 unspecified atom stereocenters. The van der Waals surface area contributed by atoms with E-state index in [1.54, 1.807) is 0 Å². The van der Waals surface area contributed by atoms with Crippen LogP contribution in [0.3, 0.4) is 0 Å². The summed E-state index contributed by atoms with van der Waals surface area (Å²) in [6.07, 6.45) is -4.21. The Morgan fingerprint density at radius 1 is 1.50 bits per heavy atom. The van der Waals surface area contributed by atoms with E-state index in [4.69, 9.17) is 0 Å². The van der Waals surface area contributed by atoms with Crippen LogP contribution >= 0.6 is 12.2 Å². The third-order valence-electron chi connectivity index (χ3n) is 0.911. The number of nitrogens with one attached hydrogen (secondary N) is 1. The van der Waals surface area contributed by atoms with Crippen molar-refractivity contribution in [3.8, 4) is 0 Å². The predicted octanol–water partition coefficient (Wildman–Crippen LogP) is 1.87. The normalized spacial score (nSPS) is 14.5. The van der Waals surface area contributed by atoms with Gasteiger partial charge < -0.3 is 5.32 Å². The first-order valence-corrected chi connectivity index (χ1v) is 3.08. The monoisotopic (exact) mass is 171 g/mol. The Morgan fingerprint density at radius 2 is 1.90 bits per heavy atom. The Hall–Kier alpha value is -0.320. The molecule has 1 N–H and O–H groups in total. The van der Waals surface area contributed by atoms with Crippen molar-refractivity contribution in [2.75, 3.05) is 0 Å². The van der Waals surface area contributed by atoms with Crippen molar-refractivity contribution in [3.05, 3.63) is 0 Å². The lowest BCUT2D eigenvalue weighted by Crippen LogP contribution is -2.41. The van der Waals surface area contributed by atoms with Crippen LogP contribution in [-0.2, 0) is 0 Å².